The van der Waals surface area contributed by atoms with Gasteiger partial charge in [-0.05, 0) is 43.2 Å². The van der Waals surface area contributed by atoms with E-state index in [9.17, 15) is 9.59 Å². The van der Waals surface area contributed by atoms with E-state index in [1.807, 2.05) is 29.2 Å². The first kappa shape index (κ1) is 25.9. The zero-order chi connectivity index (χ0) is 23.7. The summed E-state index contributed by atoms with van der Waals surface area (Å²) in [5, 5.41) is 3.06. The fourth-order valence-corrected chi connectivity index (χ4v) is 4.15. The first-order valence-corrected chi connectivity index (χ1v) is 12.3. The summed E-state index contributed by atoms with van der Waals surface area (Å²) in [6, 6.07) is 7.99. The van der Waals surface area contributed by atoms with Gasteiger partial charge in [-0.2, -0.15) is 0 Å². The van der Waals surface area contributed by atoms with Crippen LogP contribution in [0.15, 0.2) is 24.3 Å². The minimum absolute atomic E-state index is 0.0880. The molecule has 2 amide bonds. The van der Waals surface area contributed by atoms with Crippen LogP contribution in [-0.4, -0.2) is 45.9 Å². The molecular formula is C26H42N4O2. The van der Waals surface area contributed by atoms with Crippen molar-refractivity contribution in [2.45, 2.75) is 73.8 Å². The lowest BCUT2D eigenvalue weighted by atomic mass is 10.0. The average Bonchev–Trinajstić information content (AvgIpc) is 3.08. The molecule has 0 aliphatic carbocycles. The Kier molecular flexibility index (Phi) is 10.2. The van der Waals surface area contributed by atoms with Crippen LogP contribution in [0.4, 0.5) is 0 Å². The number of aromatic nitrogens is 2. The summed E-state index contributed by atoms with van der Waals surface area (Å²) in [6.07, 6.45) is 3.25. The molecule has 1 aromatic carbocycles. The molecule has 0 fully saturated rings. The number of benzene rings is 1. The molecule has 6 nitrogen and oxygen atoms in total. The quantitative estimate of drug-likeness (QED) is 0.459. The van der Waals surface area contributed by atoms with Crippen LogP contribution in [0.2, 0.25) is 0 Å². The van der Waals surface area contributed by atoms with E-state index >= 15 is 0 Å². The summed E-state index contributed by atoms with van der Waals surface area (Å²) in [6.45, 7) is 15.1. The van der Waals surface area contributed by atoms with E-state index in [1.54, 1.807) is 0 Å². The maximum absolute atomic E-state index is 13.3. The molecule has 1 N–H and O–H groups in total. The van der Waals surface area contributed by atoms with Crippen molar-refractivity contribution in [3.8, 4) is 0 Å². The smallest absolute Gasteiger partial charge is 0.242 e. The van der Waals surface area contributed by atoms with Gasteiger partial charge in [0, 0.05) is 32.0 Å². The second kappa shape index (κ2) is 12.6. The molecule has 0 bridgehead atoms. The van der Waals surface area contributed by atoms with E-state index in [0.717, 1.165) is 55.6 Å². The molecule has 0 spiro atoms. The summed E-state index contributed by atoms with van der Waals surface area (Å²) in [7, 11) is 0. The van der Waals surface area contributed by atoms with Crippen LogP contribution < -0.4 is 5.32 Å². The first-order chi connectivity index (χ1) is 15.3. The van der Waals surface area contributed by atoms with Gasteiger partial charge in [0.2, 0.25) is 11.8 Å². The van der Waals surface area contributed by atoms with Gasteiger partial charge >= 0.3 is 0 Å². The molecule has 2 aromatic rings. The van der Waals surface area contributed by atoms with Gasteiger partial charge in [0.05, 0.1) is 11.0 Å². The second-order valence-electron chi connectivity index (χ2n) is 9.60. The number of hydrogen-bond acceptors (Lipinski definition) is 3. The number of aryl methyl sites for hydroxylation is 1. The Morgan fingerprint density at radius 2 is 1.66 bits per heavy atom. The van der Waals surface area contributed by atoms with Gasteiger partial charge in [-0.3, -0.25) is 9.59 Å². The zero-order valence-electron chi connectivity index (χ0n) is 20.9. The lowest BCUT2D eigenvalue weighted by molar-refractivity contribution is -0.133. The molecule has 1 aromatic heterocycles. The molecule has 0 saturated heterocycles. The zero-order valence-corrected chi connectivity index (χ0v) is 20.9. The fraction of sp³-hybridized carbons (Fsp3) is 0.654. The van der Waals surface area contributed by atoms with Crippen LogP contribution in [0.5, 0.6) is 0 Å². The van der Waals surface area contributed by atoms with Crippen LogP contribution in [0.3, 0.4) is 0 Å². The van der Waals surface area contributed by atoms with E-state index in [2.05, 4.69) is 51.4 Å². The highest BCUT2D eigenvalue weighted by Crippen LogP contribution is 2.18. The van der Waals surface area contributed by atoms with Crippen LogP contribution in [0, 0.1) is 17.8 Å². The number of rotatable bonds is 13. The molecule has 1 heterocycles. The molecule has 0 atom stereocenters. The number of carbonyl (C=O) groups is 2. The Hall–Kier alpha value is -2.37. The minimum Gasteiger partial charge on any atom is -0.356 e. The average molecular weight is 443 g/mol. The minimum atomic E-state index is 0.0880. The Balaban J connectivity index is 2.12. The van der Waals surface area contributed by atoms with E-state index in [1.165, 1.54) is 0 Å². The number of para-hydroxylation sites is 2. The molecule has 178 valence electrons. The number of nitrogens with one attached hydrogen (secondary N) is 1. The molecule has 0 unspecified atom stereocenters. The van der Waals surface area contributed by atoms with Crippen molar-refractivity contribution in [3.05, 3.63) is 30.1 Å². The van der Waals surface area contributed by atoms with Crippen molar-refractivity contribution >= 4 is 22.8 Å². The monoisotopic (exact) mass is 442 g/mol. The molecule has 32 heavy (non-hydrogen) atoms. The van der Waals surface area contributed by atoms with Crippen LogP contribution >= 0.6 is 0 Å². The maximum atomic E-state index is 13.3. The third-order valence-electron chi connectivity index (χ3n) is 5.78. The normalized spacial score (nSPS) is 11.7. The number of amides is 2. The van der Waals surface area contributed by atoms with Crippen LogP contribution in [0.25, 0.3) is 11.0 Å². The van der Waals surface area contributed by atoms with Crippen LogP contribution in [0.1, 0.15) is 66.6 Å². The Morgan fingerprint density at radius 3 is 2.25 bits per heavy atom. The lowest BCUT2D eigenvalue weighted by Gasteiger charge is -2.27. The molecule has 0 aliphatic rings. The Morgan fingerprint density at radius 1 is 1.03 bits per heavy atom. The van der Waals surface area contributed by atoms with Crippen molar-refractivity contribution in [3.63, 3.8) is 0 Å². The highest BCUT2D eigenvalue weighted by atomic mass is 16.2. The van der Waals surface area contributed by atoms with Crippen molar-refractivity contribution in [1.82, 2.24) is 19.8 Å². The van der Waals surface area contributed by atoms with Gasteiger partial charge in [0.15, 0.2) is 0 Å². The van der Waals surface area contributed by atoms with E-state index in [4.69, 9.17) is 4.98 Å². The van der Waals surface area contributed by atoms with E-state index in [0.29, 0.717) is 24.9 Å². The number of carbonyl (C=O) groups excluding carboxylic acids is 2. The third-order valence-corrected chi connectivity index (χ3v) is 5.78. The van der Waals surface area contributed by atoms with Gasteiger partial charge < -0.3 is 14.8 Å². The van der Waals surface area contributed by atoms with Crippen molar-refractivity contribution in [1.29, 1.82) is 0 Å². The summed E-state index contributed by atoms with van der Waals surface area (Å²) in [4.78, 5) is 32.3. The largest absolute Gasteiger partial charge is 0.356 e. The molecule has 0 radical (unpaired) electrons. The topological polar surface area (TPSA) is 67.2 Å². The lowest BCUT2D eigenvalue weighted by Crippen LogP contribution is -2.39. The third kappa shape index (κ3) is 7.35. The van der Waals surface area contributed by atoms with Crippen molar-refractivity contribution in [2.24, 2.45) is 17.8 Å². The number of fused-ring (bicyclic) bond motifs is 1. The highest BCUT2D eigenvalue weighted by Gasteiger charge is 2.20. The van der Waals surface area contributed by atoms with Crippen molar-refractivity contribution < 1.29 is 9.59 Å². The number of hydrogen-bond donors (Lipinski definition) is 1. The summed E-state index contributed by atoms with van der Waals surface area (Å²) >= 11 is 0. The van der Waals surface area contributed by atoms with Gasteiger partial charge in [-0.1, -0.05) is 53.7 Å². The highest BCUT2D eigenvalue weighted by molar-refractivity contribution is 5.81. The number of imidazole rings is 1. The first-order valence-electron chi connectivity index (χ1n) is 12.3. The molecule has 6 heteroatoms. The van der Waals surface area contributed by atoms with Gasteiger partial charge in [-0.15, -0.1) is 0 Å². The maximum Gasteiger partial charge on any atom is 0.242 e. The van der Waals surface area contributed by atoms with E-state index in [-0.39, 0.29) is 17.7 Å². The van der Waals surface area contributed by atoms with Crippen molar-refractivity contribution in [2.75, 3.05) is 19.6 Å². The SMILES string of the molecule is CCC(CC)C(=O)NCCCc1nc2ccccc2n1CC(=O)N(CC(C)C)CC(C)C. The number of nitrogens with zero attached hydrogens (tertiary/aromatic N) is 3. The molecule has 0 saturated carbocycles. The summed E-state index contributed by atoms with van der Waals surface area (Å²) in [5.74, 6) is 2.12. The standard InChI is InChI=1S/C26H42N4O2/c1-7-21(8-2)26(32)27-15-11-14-24-28-22-12-9-10-13-23(22)30(24)18-25(31)29(16-19(3)4)17-20(5)6/h9-10,12-13,19-21H,7-8,11,14-18H2,1-6H3,(H,27,32). The van der Waals surface area contributed by atoms with E-state index < -0.39 is 0 Å². The summed E-state index contributed by atoms with van der Waals surface area (Å²) < 4.78 is 2.06. The van der Waals surface area contributed by atoms with Crippen LogP contribution in [-0.2, 0) is 22.6 Å². The Bertz CT molecular complexity index is 858. The van der Waals surface area contributed by atoms with Gasteiger partial charge in [0.1, 0.15) is 12.4 Å². The Labute approximate surface area is 193 Å². The predicted molar refractivity (Wildman–Crippen MR) is 131 cm³/mol. The predicted octanol–water partition coefficient (Wildman–Crippen LogP) is 4.66. The molecule has 2 rings (SSSR count). The molecule has 0 aliphatic heterocycles. The van der Waals surface area contributed by atoms with Gasteiger partial charge in [0.25, 0.3) is 0 Å². The van der Waals surface area contributed by atoms with Gasteiger partial charge in [-0.25, -0.2) is 4.98 Å². The second-order valence-corrected chi connectivity index (χ2v) is 9.60. The molecular weight excluding hydrogens is 400 g/mol. The fourth-order valence-electron chi connectivity index (χ4n) is 4.15. The summed E-state index contributed by atoms with van der Waals surface area (Å²) in [5.41, 5.74) is 1.90.